The van der Waals surface area contributed by atoms with Gasteiger partial charge in [-0.1, -0.05) is 0 Å². The van der Waals surface area contributed by atoms with E-state index in [0.29, 0.717) is 0 Å². The molecule has 0 aromatic carbocycles. The standard InChI is InChI=1S/Al.Fe.5H2O/h;;5*1H2/q;+2;;;;;/p-5. The zero-order valence-electron chi connectivity index (χ0n) is 3.17. The van der Waals surface area contributed by atoms with E-state index in [1.54, 1.807) is 0 Å². The summed E-state index contributed by atoms with van der Waals surface area (Å²) in [7, 11) is 0. The summed E-state index contributed by atoms with van der Waals surface area (Å²) in [6.45, 7) is 0. The Labute approximate surface area is 62.2 Å². The summed E-state index contributed by atoms with van der Waals surface area (Å²) < 4.78 is 0. The number of hydrogen-bond acceptors (Lipinski definition) is 5. The molecule has 0 aliphatic rings. The monoisotopic (exact) mass is 168 g/mol. The van der Waals surface area contributed by atoms with Crippen molar-refractivity contribution in [1.29, 1.82) is 0 Å². The molecule has 5 N–H and O–H groups in total. The summed E-state index contributed by atoms with van der Waals surface area (Å²) >= 11 is 0. The van der Waals surface area contributed by atoms with Crippen LogP contribution in [0.2, 0.25) is 0 Å². The number of rotatable bonds is 0. The van der Waals surface area contributed by atoms with Crippen molar-refractivity contribution in [2.45, 2.75) is 0 Å². The molecule has 0 rings (SSSR count). The third kappa shape index (κ3) is 222. The second-order valence-electron chi connectivity index (χ2n) is 0. The third-order valence-electron chi connectivity index (χ3n) is 0. The van der Waals surface area contributed by atoms with E-state index >= 15 is 0 Å². The molecule has 0 amide bonds. The van der Waals surface area contributed by atoms with Crippen LogP contribution in [0, 0.1) is 0 Å². The van der Waals surface area contributed by atoms with Gasteiger partial charge in [0.25, 0.3) is 0 Å². The fourth-order valence-electron chi connectivity index (χ4n) is 0. The molecule has 0 fully saturated rings. The van der Waals surface area contributed by atoms with Gasteiger partial charge in [-0.2, -0.15) is 0 Å². The van der Waals surface area contributed by atoms with Crippen LogP contribution in [0.25, 0.3) is 0 Å². The van der Waals surface area contributed by atoms with Crippen molar-refractivity contribution in [1.82, 2.24) is 0 Å². The quantitative estimate of drug-likeness (QED) is 0.413. The normalized spacial score (nSPS) is 0. The summed E-state index contributed by atoms with van der Waals surface area (Å²) in [6, 6.07) is 0. The molecule has 7 heteroatoms. The Hall–Kier alpha value is 0.852. The van der Waals surface area contributed by atoms with Gasteiger partial charge >= 0.3 is 17.1 Å². The molecule has 0 aromatic rings. The van der Waals surface area contributed by atoms with Crippen molar-refractivity contribution in [2.24, 2.45) is 0 Å². The molecule has 0 heterocycles. The zero-order chi connectivity index (χ0) is 0. The molecule has 0 atom stereocenters. The summed E-state index contributed by atoms with van der Waals surface area (Å²) in [6.07, 6.45) is 0. The van der Waals surface area contributed by atoms with E-state index in [9.17, 15) is 0 Å². The molecule has 0 saturated heterocycles. The minimum Gasteiger partial charge on any atom is -0.870 e. The van der Waals surface area contributed by atoms with E-state index in [0.717, 1.165) is 0 Å². The van der Waals surface area contributed by atoms with Crippen LogP contribution in [0.4, 0.5) is 0 Å². The predicted octanol–water partition coefficient (Wildman–Crippen LogP) is -1.27. The van der Waals surface area contributed by atoms with Crippen LogP contribution in [-0.2, 0) is 17.1 Å². The largest absolute Gasteiger partial charge is 2.00 e. The van der Waals surface area contributed by atoms with E-state index in [1.807, 2.05) is 0 Å². The van der Waals surface area contributed by atoms with E-state index < -0.39 is 0 Å². The maximum Gasteiger partial charge on any atom is 2.00 e. The van der Waals surface area contributed by atoms with Crippen molar-refractivity contribution in [2.75, 3.05) is 0 Å². The Kier molecular flexibility index (Phi) is 23500. The van der Waals surface area contributed by atoms with Gasteiger partial charge < -0.3 is 27.4 Å². The molecule has 49 valence electrons. The summed E-state index contributed by atoms with van der Waals surface area (Å²) in [5.41, 5.74) is 0. The Morgan fingerprint density at radius 1 is 0.429 bits per heavy atom. The average Bonchev–Trinajstić information content (AvgIpc) is 0. The molecule has 0 bridgehead atoms. The van der Waals surface area contributed by atoms with Crippen molar-refractivity contribution < 1.29 is 44.4 Å². The maximum atomic E-state index is 0. The Balaban J connectivity index is 0. The molecule has 5 nitrogen and oxygen atoms in total. The van der Waals surface area contributed by atoms with Crippen LogP contribution in [0.5, 0.6) is 0 Å². The molecule has 0 unspecified atom stereocenters. The fraction of sp³-hybridized carbons (Fsp3) is 0. The van der Waals surface area contributed by atoms with Crippen LogP contribution < -0.4 is 0 Å². The smallest absolute Gasteiger partial charge is 0.870 e. The van der Waals surface area contributed by atoms with E-state index in [2.05, 4.69) is 0 Å². The van der Waals surface area contributed by atoms with Gasteiger partial charge in [-0.15, -0.1) is 0 Å². The SMILES string of the molecule is [Al].[Fe+2].[OH-].[OH-].[OH-].[OH-].[OH-]. The van der Waals surface area contributed by atoms with Gasteiger partial charge in [-0.25, -0.2) is 0 Å². The first-order valence-electron chi connectivity index (χ1n) is 0. The third-order valence-corrected chi connectivity index (χ3v) is 0. The summed E-state index contributed by atoms with van der Waals surface area (Å²) in [5, 5.41) is 0. The summed E-state index contributed by atoms with van der Waals surface area (Å²) in [5.74, 6) is 0. The van der Waals surface area contributed by atoms with Gasteiger partial charge in [0, 0.05) is 17.4 Å². The molecule has 0 saturated carbocycles. The Morgan fingerprint density at radius 2 is 0.429 bits per heavy atom. The number of hydrogen-bond donors (Lipinski definition) is 0. The van der Waals surface area contributed by atoms with Gasteiger partial charge in [0.2, 0.25) is 0 Å². The minimum atomic E-state index is 0. The van der Waals surface area contributed by atoms with E-state index in [4.69, 9.17) is 0 Å². The van der Waals surface area contributed by atoms with Gasteiger partial charge in [-0.3, -0.25) is 0 Å². The average molecular weight is 168 g/mol. The Bertz CT molecular complexity index is 8.04. The van der Waals surface area contributed by atoms with Crippen LogP contribution in [0.15, 0.2) is 0 Å². The first-order valence-corrected chi connectivity index (χ1v) is 0. The topological polar surface area (TPSA) is 150 Å². The predicted molar refractivity (Wildman–Crippen MR) is 15.4 cm³/mol. The van der Waals surface area contributed by atoms with Crippen LogP contribution in [-0.4, -0.2) is 44.7 Å². The summed E-state index contributed by atoms with van der Waals surface area (Å²) in [4.78, 5) is 0. The van der Waals surface area contributed by atoms with Crippen molar-refractivity contribution in [3.63, 3.8) is 0 Å². The molecule has 0 aliphatic heterocycles. The van der Waals surface area contributed by atoms with Crippen molar-refractivity contribution in [3.05, 3.63) is 0 Å². The molecular formula is H5AlFeO5-3. The fourth-order valence-corrected chi connectivity index (χ4v) is 0. The van der Waals surface area contributed by atoms with Crippen LogP contribution in [0.3, 0.4) is 0 Å². The molecule has 7 heavy (non-hydrogen) atoms. The second-order valence-corrected chi connectivity index (χ2v) is 0. The van der Waals surface area contributed by atoms with Crippen LogP contribution in [0.1, 0.15) is 0 Å². The van der Waals surface area contributed by atoms with Crippen LogP contribution >= 0.6 is 0 Å². The first kappa shape index (κ1) is 508. The minimum absolute atomic E-state index is 0. The molecule has 0 aromatic heterocycles. The Morgan fingerprint density at radius 3 is 0.429 bits per heavy atom. The molecule has 0 spiro atoms. The zero-order valence-corrected chi connectivity index (χ0v) is 5.43. The second kappa shape index (κ2) is 323. The molecular weight excluding hydrogens is 163 g/mol. The van der Waals surface area contributed by atoms with Crippen molar-refractivity contribution >= 4 is 17.4 Å². The van der Waals surface area contributed by atoms with Gasteiger partial charge in [0.05, 0.1) is 0 Å². The van der Waals surface area contributed by atoms with E-state index in [-0.39, 0.29) is 61.8 Å². The van der Waals surface area contributed by atoms with Gasteiger partial charge in [-0.05, 0) is 0 Å². The van der Waals surface area contributed by atoms with Crippen molar-refractivity contribution in [3.8, 4) is 0 Å². The molecule has 3 radical (unpaired) electrons. The van der Waals surface area contributed by atoms with Gasteiger partial charge in [0.1, 0.15) is 0 Å². The first-order chi connectivity index (χ1) is 0. The van der Waals surface area contributed by atoms with Gasteiger partial charge in [0.15, 0.2) is 0 Å². The van der Waals surface area contributed by atoms with E-state index in [1.165, 1.54) is 0 Å². The maximum absolute atomic E-state index is 0. The molecule has 0 aliphatic carbocycles.